The predicted molar refractivity (Wildman–Crippen MR) is 46.9 cm³/mol. The first kappa shape index (κ1) is 10.5. The Morgan fingerprint density at radius 1 is 1.60 bits per heavy atom. The second kappa shape index (κ2) is 3.84. The van der Waals surface area contributed by atoms with Gasteiger partial charge >= 0.3 is 6.18 Å². The average Bonchev–Trinajstić information content (AvgIpc) is 2.41. The van der Waals surface area contributed by atoms with E-state index in [9.17, 15) is 21.6 Å². The first-order valence-electron chi connectivity index (χ1n) is 4.39. The Balaban J connectivity index is 2.96. The number of aryl methyl sites for hydroxylation is 1. The van der Waals surface area contributed by atoms with Crippen LogP contribution < -0.4 is 0 Å². The van der Waals surface area contributed by atoms with Crippen LogP contribution in [0.4, 0.5) is 13.2 Å². The summed E-state index contributed by atoms with van der Waals surface area (Å²) in [5.74, 6) is -0.447. The number of halogens is 3. The Bertz CT molecular complexity index is 480. The molecule has 1 aromatic heterocycles. The Morgan fingerprint density at radius 2 is 2.20 bits per heavy atom. The molecule has 0 saturated carbocycles. The molecular weight excluding hydrogens is 233 g/mol. The molecule has 0 atom stereocenters. The molecule has 0 amide bonds. The molecule has 0 fully saturated rings. The summed E-state index contributed by atoms with van der Waals surface area (Å²) < 4.78 is 66.2. The zero-order valence-electron chi connectivity index (χ0n) is 8.74. The summed E-state index contributed by atoms with van der Waals surface area (Å²) in [4.78, 5) is 0. The second-order valence-electron chi connectivity index (χ2n) is 3.01. The molecule has 0 N–H and O–H groups in total. The molecule has 86 valence electrons. The van der Waals surface area contributed by atoms with Crippen LogP contribution >= 0.6 is 0 Å². The molecular formula is C7H9F3N2O2S. The minimum atomic E-state index is -4.64. The van der Waals surface area contributed by atoms with E-state index in [0.29, 0.717) is 10.7 Å². The van der Waals surface area contributed by atoms with Crippen LogP contribution in [0.2, 0.25) is 0 Å². The lowest BCUT2D eigenvalue weighted by Crippen LogP contribution is -2.19. The average molecular weight is 243 g/mol. The highest BCUT2D eigenvalue weighted by molar-refractivity contribution is 7.90. The van der Waals surface area contributed by atoms with Crippen molar-refractivity contribution >= 4 is 9.84 Å². The van der Waals surface area contributed by atoms with Crippen molar-refractivity contribution in [3.8, 4) is 0 Å². The number of aromatic nitrogens is 2. The van der Waals surface area contributed by atoms with Gasteiger partial charge in [0.25, 0.3) is 0 Å². The molecule has 0 aliphatic heterocycles. The standard InChI is InChI=1S/C7H9F3N2O2S/c1-15(13,14)5-4-12-6(2-3-11-12)7(8,9)10/h2-3H,4-5H2,1H3/i3D. The van der Waals surface area contributed by atoms with Crippen LogP contribution in [0.5, 0.6) is 0 Å². The van der Waals surface area contributed by atoms with Gasteiger partial charge in [-0.1, -0.05) is 0 Å². The summed E-state index contributed by atoms with van der Waals surface area (Å²) in [5, 5.41) is 3.28. The third kappa shape index (κ3) is 3.54. The van der Waals surface area contributed by atoms with Gasteiger partial charge in [0.15, 0.2) is 0 Å². The third-order valence-electron chi connectivity index (χ3n) is 1.62. The van der Waals surface area contributed by atoms with Gasteiger partial charge < -0.3 is 0 Å². The molecule has 0 aliphatic rings. The monoisotopic (exact) mass is 243 g/mol. The van der Waals surface area contributed by atoms with E-state index in [4.69, 9.17) is 1.37 Å². The molecule has 0 spiro atoms. The van der Waals surface area contributed by atoms with Crippen molar-refractivity contribution in [1.29, 1.82) is 0 Å². The smallest absolute Gasteiger partial charge is 0.259 e. The number of rotatable bonds is 3. The molecule has 0 bridgehead atoms. The normalized spacial score (nSPS) is 14.0. The van der Waals surface area contributed by atoms with E-state index in [-0.39, 0.29) is 0 Å². The van der Waals surface area contributed by atoms with E-state index in [2.05, 4.69) is 5.10 Å². The molecule has 0 aromatic carbocycles. The Kier molecular flexibility index (Phi) is 2.68. The van der Waals surface area contributed by atoms with Gasteiger partial charge in [-0.2, -0.15) is 18.3 Å². The number of hydrogen-bond acceptors (Lipinski definition) is 3. The van der Waals surface area contributed by atoms with Crippen LogP contribution in [0.15, 0.2) is 12.2 Å². The van der Waals surface area contributed by atoms with E-state index in [0.717, 1.165) is 6.26 Å². The fourth-order valence-electron chi connectivity index (χ4n) is 0.939. The van der Waals surface area contributed by atoms with Crippen LogP contribution in [0.25, 0.3) is 0 Å². The fourth-order valence-corrected chi connectivity index (χ4v) is 1.44. The molecule has 1 rings (SSSR count). The van der Waals surface area contributed by atoms with Crippen LogP contribution in [-0.4, -0.2) is 30.2 Å². The third-order valence-corrected chi connectivity index (χ3v) is 2.55. The minimum absolute atomic E-state index is 0.410. The second-order valence-corrected chi connectivity index (χ2v) is 5.27. The molecule has 0 radical (unpaired) electrons. The number of sulfone groups is 1. The largest absolute Gasteiger partial charge is 0.433 e. The van der Waals surface area contributed by atoms with Crippen LogP contribution in [0.3, 0.4) is 0 Å². The zero-order valence-corrected chi connectivity index (χ0v) is 8.56. The molecule has 0 aliphatic carbocycles. The van der Waals surface area contributed by atoms with E-state index >= 15 is 0 Å². The van der Waals surface area contributed by atoms with Crippen molar-refractivity contribution in [3.05, 3.63) is 17.9 Å². The summed E-state index contributed by atoms with van der Waals surface area (Å²) in [6.07, 6.45) is -4.25. The van der Waals surface area contributed by atoms with E-state index in [1.165, 1.54) is 0 Å². The topological polar surface area (TPSA) is 52.0 Å². The highest BCUT2D eigenvalue weighted by Gasteiger charge is 2.34. The van der Waals surface area contributed by atoms with Crippen molar-refractivity contribution in [1.82, 2.24) is 9.78 Å². The Labute approximate surface area is 86.0 Å². The van der Waals surface area contributed by atoms with E-state index in [1.807, 2.05) is 0 Å². The lowest BCUT2D eigenvalue weighted by Gasteiger charge is -2.09. The summed E-state index contributed by atoms with van der Waals surface area (Å²) in [5.41, 5.74) is -1.11. The molecule has 15 heavy (non-hydrogen) atoms. The minimum Gasteiger partial charge on any atom is -0.259 e. The summed E-state index contributed by atoms with van der Waals surface area (Å²) >= 11 is 0. The first-order chi connectivity index (χ1) is 7.09. The lowest BCUT2D eigenvalue weighted by atomic mass is 10.4. The molecule has 0 saturated heterocycles. The molecule has 1 aromatic rings. The van der Waals surface area contributed by atoms with Crippen molar-refractivity contribution in [2.45, 2.75) is 12.7 Å². The van der Waals surface area contributed by atoms with Gasteiger partial charge in [-0.15, -0.1) is 0 Å². The van der Waals surface area contributed by atoms with Crippen LogP contribution in [0.1, 0.15) is 7.06 Å². The Morgan fingerprint density at radius 3 is 2.67 bits per heavy atom. The predicted octanol–water partition coefficient (Wildman–Crippen LogP) is 0.946. The maximum atomic E-state index is 12.4. The maximum Gasteiger partial charge on any atom is 0.433 e. The van der Waals surface area contributed by atoms with Gasteiger partial charge in [0.05, 0.1) is 13.7 Å². The lowest BCUT2D eigenvalue weighted by molar-refractivity contribution is -0.144. The van der Waals surface area contributed by atoms with Gasteiger partial charge in [-0.3, -0.25) is 4.68 Å². The fraction of sp³-hybridized carbons (Fsp3) is 0.571. The first-order valence-corrected chi connectivity index (χ1v) is 5.95. The molecule has 1 heterocycles. The highest BCUT2D eigenvalue weighted by Crippen LogP contribution is 2.28. The van der Waals surface area contributed by atoms with Gasteiger partial charge in [-0.25, -0.2) is 8.42 Å². The van der Waals surface area contributed by atoms with Gasteiger partial charge in [0.2, 0.25) is 0 Å². The van der Waals surface area contributed by atoms with Crippen LogP contribution in [0, 0.1) is 0 Å². The summed E-state index contributed by atoms with van der Waals surface area (Å²) in [6, 6.07) is 0.558. The van der Waals surface area contributed by atoms with Gasteiger partial charge in [0, 0.05) is 12.4 Å². The number of nitrogens with zero attached hydrogens (tertiary/aromatic N) is 2. The zero-order chi connectivity index (χ0) is 12.6. The van der Waals surface area contributed by atoms with Gasteiger partial charge in [-0.05, 0) is 6.07 Å². The molecule has 0 unspecified atom stereocenters. The van der Waals surface area contributed by atoms with Gasteiger partial charge in [0.1, 0.15) is 15.5 Å². The SMILES string of the molecule is [2H]c1cc(C(F)(F)F)n(CCS(C)(=O)=O)n1. The highest BCUT2D eigenvalue weighted by atomic mass is 32.2. The Hall–Kier alpha value is -1.05. The number of hydrogen-bond donors (Lipinski definition) is 0. The molecule has 4 nitrogen and oxygen atoms in total. The molecule has 8 heteroatoms. The maximum absolute atomic E-state index is 12.4. The summed E-state index contributed by atoms with van der Waals surface area (Å²) in [7, 11) is -3.36. The van der Waals surface area contributed by atoms with Crippen LogP contribution in [-0.2, 0) is 22.6 Å². The number of alkyl halides is 3. The van der Waals surface area contributed by atoms with Crippen molar-refractivity contribution in [3.63, 3.8) is 0 Å². The quantitative estimate of drug-likeness (QED) is 0.794. The van der Waals surface area contributed by atoms with Crippen molar-refractivity contribution < 1.29 is 23.0 Å². The van der Waals surface area contributed by atoms with Crippen molar-refractivity contribution in [2.75, 3.05) is 12.0 Å². The van der Waals surface area contributed by atoms with E-state index < -0.39 is 40.2 Å². The van der Waals surface area contributed by atoms with E-state index in [1.54, 1.807) is 0 Å². The van der Waals surface area contributed by atoms with Crippen molar-refractivity contribution in [2.24, 2.45) is 0 Å². The summed E-state index contributed by atoms with van der Waals surface area (Å²) in [6.45, 7) is -0.410.